The third kappa shape index (κ3) is 2.43. The Morgan fingerprint density at radius 1 is 1.58 bits per heavy atom. The second-order valence-corrected chi connectivity index (χ2v) is 3.24. The summed E-state index contributed by atoms with van der Waals surface area (Å²) in [5, 5.41) is 4.03. The van der Waals surface area contributed by atoms with E-state index in [1.165, 1.54) is 0 Å². The van der Waals surface area contributed by atoms with Gasteiger partial charge >= 0.3 is 0 Å². The molecule has 0 fully saturated rings. The van der Waals surface area contributed by atoms with E-state index >= 15 is 0 Å². The Labute approximate surface area is 73.6 Å². The van der Waals surface area contributed by atoms with E-state index in [0.717, 1.165) is 12.1 Å². The molecule has 0 spiro atoms. The van der Waals surface area contributed by atoms with Crippen LogP contribution in [0.5, 0.6) is 0 Å². The Bertz CT molecular complexity index is 299. The molecule has 0 N–H and O–H groups in total. The number of rotatable bonds is 1. The number of aryl methyl sites for hydroxylation is 1. The lowest BCUT2D eigenvalue weighted by Gasteiger charge is -1.93. The maximum Gasteiger partial charge on any atom is 0.110 e. The van der Waals surface area contributed by atoms with Crippen LogP contribution in [0.4, 0.5) is 0 Å². The number of aromatic nitrogens is 2. The Hall–Kier alpha value is -1.23. The standard InChI is InChI=1S/C10H14N2/c1-9(2)5-4-6-10-7-8-11-12(10)3/h7-9H,5H2,1-3H3. The van der Waals surface area contributed by atoms with Crippen LogP contribution < -0.4 is 0 Å². The summed E-state index contributed by atoms with van der Waals surface area (Å²) in [6.45, 7) is 4.33. The van der Waals surface area contributed by atoms with E-state index in [1.54, 1.807) is 10.9 Å². The average molecular weight is 162 g/mol. The maximum absolute atomic E-state index is 4.03. The minimum absolute atomic E-state index is 0.644. The zero-order valence-electron chi connectivity index (χ0n) is 7.83. The van der Waals surface area contributed by atoms with Gasteiger partial charge < -0.3 is 0 Å². The predicted molar refractivity (Wildman–Crippen MR) is 49.5 cm³/mol. The Kier molecular flexibility index (Phi) is 2.93. The van der Waals surface area contributed by atoms with E-state index < -0.39 is 0 Å². The summed E-state index contributed by atoms with van der Waals surface area (Å²) < 4.78 is 1.79. The van der Waals surface area contributed by atoms with Gasteiger partial charge in [-0.1, -0.05) is 19.8 Å². The van der Waals surface area contributed by atoms with Crippen LogP contribution in [0.25, 0.3) is 0 Å². The largest absolute Gasteiger partial charge is 0.260 e. The van der Waals surface area contributed by atoms with Crippen molar-refractivity contribution in [2.24, 2.45) is 13.0 Å². The van der Waals surface area contributed by atoms with Crippen molar-refractivity contribution in [2.45, 2.75) is 20.3 Å². The highest BCUT2D eigenvalue weighted by molar-refractivity contribution is 5.26. The van der Waals surface area contributed by atoms with Crippen LogP contribution in [0.1, 0.15) is 26.0 Å². The molecule has 0 aliphatic rings. The Balaban J connectivity index is 2.61. The summed E-state index contributed by atoms with van der Waals surface area (Å²) in [6, 6.07) is 1.92. The highest BCUT2D eigenvalue weighted by Crippen LogP contribution is 1.98. The number of hydrogen-bond acceptors (Lipinski definition) is 1. The summed E-state index contributed by atoms with van der Waals surface area (Å²) in [6.07, 6.45) is 2.71. The molecule has 1 aromatic rings. The summed E-state index contributed by atoms with van der Waals surface area (Å²) in [4.78, 5) is 0. The van der Waals surface area contributed by atoms with Gasteiger partial charge in [-0.15, -0.1) is 0 Å². The minimum atomic E-state index is 0.644. The number of hydrogen-bond donors (Lipinski definition) is 0. The van der Waals surface area contributed by atoms with Gasteiger partial charge in [0.2, 0.25) is 0 Å². The van der Waals surface area contributed by atoms with Crippen LogP contribution in [0, 0.1) is 17.8 Å². The van der Waals surface area contributed by atoms with E-state index in [2.05, 4.69) is 30.8 Å². The normalized spacial score (nSPS) is 9.67. The van der Waals surface area contributed by atoms with Gasteiger partial charge in [0.1, 0.15) is 5.69 Å². The summed E-state index contributed by atoms with van der Waals surface area (Å²) in [7, 11) is 1.90. The van der Waals surface area contributed by atoms with Crippen molar-refractivity contribution < 1.29 is 0 Å². The first-order chi connectivity index (χ1) is 5.70. The van der Waals surface area contributed by atoms with Crippen LogP contribution in [0.15, 0.2) is 12.3 Å². The van der Waals surface area contributed by atoms with Crippen LogP contribution >= 0.6 is 0 Å². The van der Waals surface area contributed by atoms with Gasteiger partial charge in [-0.2, -0.15) is 5.10 Å². The highest BCUT2D eigenvalue weighted by atomic mass is 15.2. The van der Waals surface area contributed by atoms with E-state index in [1.807, 2.05) is 13.1 Å². The second-order valence-electron chi connectivity index (χ2n) is 3.24. The molecule has 1 aromatic heterocycles. The molecular formula is C10H14N2. The third-order valence-corrected chi connectivity index (χ3v) is 1.55. The lowest BCUT2D eigenvalue weighted by molar-refractivity contribution is 0.675. The van der Waals surface area contributed by atoms with Gasteiger partial charge in [0.25, 0.3) is 0 Å². The fourth-order valence-corrected chi connectivity index (χ4v) is 0.842. The molecule has 0 aliphatic heterocycles. The van der Waals surface area contributed by atoms with Gasteiger partial charge in [0.15, 0.2) is 0 Å². The molecule has 1 rings (SSSR count). The van der Waals surface area contributed by atoms with Crippen molar-refractivity contribution in [3.05, 3.63) is 18.0 Å². The van der Waals surface area contributed by atoms with Crippen molar-refractivity contribution in [3.8, 4) is 11.8 Å². The molecule has 64 valence electrons. The zero-order valence-corrected chi connectivity index (χ0v) is 7.83. The van der Waals surface area contributed by atoms with Crippen molar-refractivity contribution >= 4 is 0 Å². The fourth-order valence-electron chi connectivity index (χ4n) is 0.842. The molecule has 0 aromatic carbocycles. The monoisotopic (exact) mass is 162 g/mol. The van der Waals surface area contributed by atoms with E-state index in [0.29, 0.717) is 5.92 Å². The molecule has 0 amide bonds. The summed E-state index contributed by atoms with van der Waals surface area (Å²) in [5.41, 5.74) is 0.982. The van der Waals surface area contributed by atoms with Gasteiger partial charge in [-0.25, -0.2) is 0 Å². The van der Waals surface area contributed by atoms with Crippen molar-refractivity contribution in [3.63, 3.8) is 0 Å². The van der Waals surface area contributed by atoms with Crippen molar-refractivity contribution in [1.29, 1.82) is 0 Å². The molecule has 0 atom stereocenters. The smallest absolute Gasteiger partial charge is 0.110 e. The summed E-state index contributed by atoms with van der Waals surface area (Å²) >= 11 is 0. The lowest BCUT2D eigenvalue weighted by Crippen LogP contribution is -1.93. The van der Waals surface area contributed by atoms with Gasteiger partial charge in [-0.3, -0.25) is 4.68 Å². The van der Waals surface area contributed by atoms with Crippen LogP contribution in [0.2, 0.25) is 0 Å². The molecule has 12 heavy (non-hydrogen) atoms. The lowest BCUT2D eigenvalue weighted by atomic mass is 10.1. The molecule has 0 aliphatic carbocycles. The van der Waals surface area contributed by atoms with Crippen LogP contribution in [-0.4, -0.2) is 9.78 Å². The molecule has 0 saturated carbocycles. The molecule has 0 saturated heterocycles. The first kappa shape index (κ1) is 8.86. The zero-order chi connectivity index (χ0) is 8.97. The molecule has 0 unspecified atom stereocenters. The fraction of sp³-hybridized carbons (Fsp3) is 0.500. The second kappa shape index (κ2) is 3.96. The topological polar surface area (TPSA) is 17.8 Å². The van der Waals surface area contributed by atoms with Gasteiger partial charge in [-0.05, 0) is 17.9 Å². The van der Waals surface area contributed by atoms with Crippen molar-refractivity contribution in [1.82, 2.24) is 9.78 Å². The maximum atomic E-state index is 4.03. The first-order valence-electron chi connectivity index (χ1n) is 4.17. The Morgan fingerprint density at radius 3 is 2.83 bits per heavy atom. The molecule has 2 nitrogen and oxygen atoms in total. The quantitative estimate of drug-likeness (QED) is 0.576. The van der Waals surface area contributed by atoms with Gasteiger partial charge in [0.05, 0.1) is 6.20 Å². The molecule has 2 heteroatoms. The van der Waals surface area contributed by atoms with Crippen LogP contribution in [-0.2, 0) is 7.05 Å². The van der Waals surface area contributed by atoms with Crippen LogP contribution in [0.3, 0.4) is 0 Å². The van der Waals surface area contributed by atoms with E-state index in [9.17, 15) is 0 Å². The van der Waals surface area contributed by atoms with Crippen molar-refractivity contribution in [2.75, 3.05) is 0 Å². The molecule has 0 radical (unpaired) electrons. The SMILES string of the molecule is CC(C)CC#Cc1ccnn1C. The highest BCUT2D eigenvalue weighted by Gasteiger charge is 1.91. The van der Waals surface area contributed by atoms with E-state index in [-0.39, 0.29) is 0 Å². The molecule has 1 heterocycles. The van der Waals surface area contributed by atoms with E-state index in [4.69, 9.17) is 0 Å². The minimum Gasteiger partial charge on any atom is -0.260 e. The predicted octanol–water partition coefficient (Wildman–Crippen LogP) is 1.82. The first-order valence-corrected chi connectivity index (χ1v) is 4.17. The van der Waals surface area contributed by atoms with Gasteiger partial charge in [0, 0.05) is 13.5 Å². The molecule has 0 bridgehead atoms. The Morgan fingerprint density at radius 2 is 2.33 bits per heavy atom. The molecular weight excluding hydrogens is 148 g/mol. The third-order valence-electron chi connectivity index (χ3n) is 1.55. The average Bonchev–Trinajstić information content (AvgIpc) is 2.36. The summed E-state index contributed by atoms with van der Waals surface area (Å²) in [5.74, 6) is 6.84. The number of nitrogens with zero attached hydrogens (tertiary/aromatic N) is 2.